The molecule has 0 saturated heterocycles. The van der Waals surface area contributed by atoms with E-state index < -0.39 is 0 Å². The van der Waals surface area contributed by atoms with E-state index in [1.165, 1.54) is 11.1 Å². The number of hydrogen-bond acceptors (Lipinski definition) is 2. The summed E-state index contributed by atoms with van der Waals surface area (Å²) in [5, 5.41) is 3.12. The molecule has 0 saturated carbocycles. The van der Waals surface area contributed by atoms with E-state index in [4.69, 9.17) is 0 Å². The molecule has 0 spiro atoms. The van der Waals surface area contributed by atoms with Gasteiger partial charge in [0.2, 0.25) is 0 Å². The molecule has 0 atom stereocenters. The second-order valence-electron chi connectivity index (χ2n) is 6.15. The van der Waals surface area contributed by atoms with Crippen LogP contribution in [-0.2, 0) is 0 Å². The van der Waals surface area contributed by atoms with Gasteiger partial charge in [0.25, 0.3) is 5.56 Å². The average Bonchev–Trinajstić information content (AvgIpc) is 2.84. The molecule has 3 rings (SSSR count). The first kappa shape index (κ1) is 16.0. The molecule has 0 fully saturated rings. The lowest BCUT2D eigenvalue weighted by molar-refractivity contribution is 0.835. The van der Waals surface area contributed by atoms with Gasteiger partial charge in [-0.25, -0.2) is 4.68 Å². The predicted molar refractivity (Wildman–Crippen MR) is 99.0 cm³/mol. The summed E-state index contributed by atoms with van der Waals surface area (Å²) < 4.78 is 1.55. The summed E-state index contributed by atoms with van der Waals surface area (Å²) in [6.07, 6.45) is 1.64. The molecule has 0 aliphatic heterocycles. The third-order valence-electron chi connectivity index (χ3n) is 4.24. The molecule has 1 aromatic heterocycles. The number of aliphatic imine (C=N–C) groups is 1. The van der Waals surface area contributed by atoms with Crippen LogP contribution in [0.2, 0.25) is 0 Å². The van der Waals surface area contributed by atoms with Crippen molar-refractivity contribution < 1.29 is 0 Å². The van der Waals surface area contributed by atoms with E-state index in [0.717, 1.165) is 22.6 Å². The van der Waals surface area contributed by atoms with Gasteiger partial charge < -0.3 is 0 Å². The summed E-state index contributed by atoms with van der Waals surface area (Å²) in [6.45, 7) is 8.03. The number of rotatable bonds is 3. The number of benzene rings is 2. The van der Waals surface area contributed by atoms with Crippen LogP contribution < -0.4 is 5.56 Å². The Bertz CT molecular complexity index is 960. The summed E-state index contributed by atoms with van der Waals surface area (Å²) in [7, 11) is 0. The summed E-state index contributed by atoms with van der Waals surface area (Å²) in [4.78, 5) is 17.1. The Hall–Kier alpha value is -2.88. The minimum Gasteiger partial charge on any atom is -0.295 e. The molecule has 122 valence electrons. The lowest BCUT2D eigenvalue weighted by Gasteiger charge is -2.01. The van der Waals surface area contributed by atoms with Crippen LogP contribution in [0.1, 0.15) is 27.9 Å². The molecule has 3 aromatic rings. The minimum absolute atomic E-state index is 0.0936. The Morgan fingerprint density at radius 3 is 2.33 bits per heavy atom. The first-order valence-corrected chi connectivity index (χ1v) is 7.95. The Labute approximate surface area is 141 Å². The molecule has 0 unspecified atom stereocenters. The molecule has 0 bridgehead atoms. The fourth-order valence-electron chi connectivity index (χ4n) is 2.53. The number of aromatic amines is 1. The van der Waals surface area contributed by atoms with Gasteiger partial charge in [-0.1, -0.05) is 23.8 Å². The van der Waals surface area contributed by atoms with Gasteiger partial charge in [-0.05, 0) is 63.1 Å². The van der Waals surface area contributed by atoms with Crippen molar-refractivity contribution in [3.8, 4) is 5.69 Å². The third kappa shape index (κ3) is 3.08. The Balaban J connectivity index is 1.97. The molecule has 0 aliphatic rings. The quantitative estimate of drug-likeness (QED) is 0.724. The highest BCUT2D eigenvalue weighted by molar-refractivity contribution is 5.83. The second-order valence-corrected chi connectivity index (χ2v) is 6.15. The van der Waals surface area contributed by atoms with Gasteiger partial charge in [0.15, 0.2) is 0 Å². The molecule has 0 radical (unpaired) electrons. The second kappa shape index (κ2) is 6.32. The molecule has 4 nitrogen and oxygen atoms in total. The fraction of sp³-hybridized carbons (Fsp3) is 0.200. The van der Waals surface area contributed by atoms with E-state index in [1.807, 2.05) is 56.3 Å². The maximum atomic E-state index is 12.7. The van der Waals surface area contributed by atoms with Gasteiger partial charge in [0, 0.05) is 11.9 Å². The molecule has 4 heteroatoms. The maximum absolute atomic E-state index is 12.7. The van der Waals surface area contributed by atoms with Gasteiger partial charge in [0.1, 0.15) is 0 Å². The van der Waals surface area contributed by atoms with Crippen LogP contribution in [-0.4, -0.2) is 16.0 Å². The van der Waals surface area contributed by atoms with Gasteiger partial charge in [-0.2, -0.15) is 0 Å². The van der Waals surface area contributed by atoms with Gasteiger partial charge >= 0.3 is 0 Å². The van der Waals surface area contributed by atoms with Crippen molar-refractivity contribution >= 4 is 11.9 Å². The van der Waals surface area contributed by atoms with Crippen molar-refractivity contribution in [3.05, 3.63) is 80.8 Å². The van der Waals surface area contributed by atoms with Crippen LogP contribution in [0.5, 0.6) is 0 Å². The standard InChI is InChI=1S/C20H21N3O/c1-13-5-9-18(10-6-13)23-20(24)19(16(4)22-23)12-21-17-8-7-14(2)15(3)11-17/h5-12,22H,1-4H3. The summed E-state index contributed by atoms with van der Waals surface area (Å²) in [5.74, 6) is 0. The van der Waals surface area contributed by atoms with E-state index in [2.05, 4.69) is 23.9 Å². The third-order valence-corrected chi connectivity index (χ3v) is 4.24. The molecular formula is C20H21N3O. The van der Waals surface area contributed by atoms with Crippen molar-refractivity contribution in [2.45, 2.75) is 27.7 Å². The highest BCUT2D eigenvalue weighted by Crippen LogP contribution is 2.17. The first-order valence-electron chi connectivity index (χ1n) is 7.95. The lowest BCUT2D eigenvalue weighted by Crippen LogP contribution is -2.17. The largest absolute Gasteiger partial charge is 0.295 e. The molecule has 1 N–H and O–H groups in total. The highest BCUT2D eigenvalue weighted by Gasteiger charge is 2.10. The topological polar surface area (TPSA) is 50.1 Å². The van der Waals surface area contributed by atoms with Crippen molar-refractivity contribution in [2.75, 3.05) is 0 Å². The monoisotopic (exact) mass is 319 g/mol. The van der Waals surface area contributed by atoms with Gasteiger partial charge in [-0.3, -0.25) is 14.9 Å². The number of nitrogens with zero attached hydrogens (tertiary/aromatic N) is 2. The highest BCUT2D eigenvalue weighted by atomic mass is 16.1. The number of hydrogen-bond donors (Lipinski definition) is 1. The average molecular weight is 319 g/mol. The van der Waals surface area contributed by atoms with Crippen molar-refractivity contribution in [2.24, 2.45) is 4.99 Å². The lowest BCUT2D eigenvalue weighted by atomic mass is 10.1. The smallest absolute Gasteiger partial charge is 0.280 e. The van der Waals surface area contributed by atoms with Crippen LogP contribution >= 0.6 is 0 Å². The fourth-order valence-corrected chi connectivity index (χ4v) is 2.53. The van der Waals surface area contributed by atoms with Crippen LogP contribution in [0.4, 0.5) is 5.69 Å². The van der Waals surface area contributed by atoms with Gasteiger partial charge in [-0.15, -0.1) is 0 Å². The van der Waals surface area contributed by atoms with E-state index in [0.29, 0.717) is 5.56 Å². The van der Waals surface area contributed by atoms with Crippen molar-refractivity contribution in [1.82, 2.24) is 9.78 Å². The number of H-pyrrole nitrogens is 1. The normalized spacial score (nSPS) is 11.3. The summed E-state index contributed by atoms with van der Waals surface area (Å²) >= 11 is 0. The van der Waals surface area contributed by atoms with Crippen LogP contribution in [0.25, 0.3) is 5.69 Å². The zero-order valence-corrected chi connectivity index (χ0v) is 14.4. The zero-order valence-electron chi connectivity index (χ0n) is 14.4. The molecule has 0 amide bonds. The van der Waals surface area contributed by atoms with E-state index in [9.17, 15) is 4.79 Å². The molecule has 2 aromatic carbocycles. The molecular weight excluding hydrogens is 298 g/mol. The zero-order chi connectivity index (χ0) is 17.3. The van der Waals surface area contributed by atoms with Crippen molar-refractivity contribution in [1.29, 1.82) is 0 Å². The van der Waals surface area contributed by atoms with Gasteiger partial charge in [0.05, 0.1) is 16.9 Å². The van der Waals surface area contributed by atoms with Crippen LogP contribution in [0.3, 0.4) is 0 Å². The molecule has 0 aliphatic carbocycles. The van der Waals surface area contributed by atoms with Crippen LogP contribution in [0, 0.1) is 27.7 Å². The summed E-state index contributed by atoms with van der Waals surface area (Å²) in [6, 6.07) is 13.8. The Morgan fingerprint density at radius 1 is 0.958 bits per heavy atom. The Morgan fingerprint density at radius 2 is 1.67 bits per heavy atom. The number of nitrogens with one attached hydrogen (secondary N) is 1. The Kier molecular flexibility index (Phi) is 4.21. The summed E-state index contributed by atoms with van der Waals surface area (Å²) in [5.41, 5.74) is 6.53. The maximum Gasteiger partial charge on any atom is 0.280 e. The predicted octanol–water partition coefficient (Wildman–Crippen LogP) is 4.15. The molecule has 1 heterocycles. The van der Waals surface area contributed by atoms with Crippen LogP contribution in [0.15, 0.2) is 52.3 Å². The SMILES string of the molecule is Cc1ccc(-n2[nH]c(C)c(C=Nc3ccc(C)c(C)c3)c2=O)cc1. The van der Waals surface area contributed by atoms with E-state index >= 15 is 0 Å². The number of aryl methyl sites for hydroxylation is 4. The first-order chi connectivity index (χ1) is 11.5. The molecule has 24 heavy (non-hydrogen) atoms. The van der Waals surface area contributed by atoms with E-state index in [1.54, 1.807) is 10.9 Å². The minimum atomic E-state index is -0.0936. The number of aromatic nitrogens is 2. The van der Waals surface area contributed by atoms with Crippen molar-refractivity contribution in [3.63, 3.8) is 0 Å². The van der Waals surface area contributed by atoms with E-state index in [-0.39, 0.29) is 5.56 Å².